The number of hydrogen-bond donors (Lipinski definition) is 3. The van der Waals surface area contributed by atoms with Crippen LogP contribution in [0.1, 0.15) is 55.6 Å². The fourth-order valence-electron chi connectivity index (χ4n) is 5.17. The van der Waals surface area contributed by atoms with Crippen molar-refractivity contribution in [2.45, 2.75) is 62.6 Å². The predicted octanol–water partition coefficient (Wildman–Crippen LogP) is 4.22. The lowest BCUT2D eigenvalue weighted by molar-refractivity contribution is -0.0301. The number of nitriles is 1. The molecule has 1 aromatic carbocycles. The SMILES string of the molecule is [C-]#[N+]c1cnc2c(NC3CC3)nc(Nc3cc(C#N)cc(C4CCN(C5CCC5O)CC4)c3Cl)nn12. The second-order valence-corrected chi connectivity index (χ2v) is 10.2. The van der Waals surface area contributed by atoms with Gasteiger partial charge in [0.05, 0.1) is 34.6 Å². The Morgan fingerprint density at radius 2 is 1.97 bits per heavy atom. The van der Waals surface area contributed by atoms with Gasteiger partial charge in [-0.25, -0.2) is 4.98 Å². The topological polar surface area (TPSA) is 119 Å². The molecule has 11 heteroatoms. The van der Waals surface area contributed by atoms with E-state index in [4.69, 9.17) is 18.2 Å². The Morgan fingerprint density at radius 1 is 1.17 bits per heavy atom. The minimum Gasteiger partial charge on any atom is -0.391 e. The molecule has 2 aromatic heterocycles. The second-order valence-electron chi connectivity index (χ2n) is 9.85. The lowest BCUT2D eigenvalue weighted by Gasteiger charge is -2.45. The van der Waals surface area contributed by atoms with Gasteiger partial charge in [-0.05, 0) is 75.2 Å². The summed E-state index contributed by atoms with van der Waals surface area (Å²) in [7, 11) is 0. The highest BCUT2D eigenvalue weighted by Gasteiger charge is 2.36. The molecule has 3 aromatic rings. The van der Waals surface area contributed by atoms with Crippen LogP contribution in [0.3, 0.4) is 0 Å². The van der Waals surface area contributed by atoms with Crippen molar-refractivity contribution in [2.24, 2.45) is 0 Å². The van der Waals surface area contributed by atoms with Gasteiger partial charge in [0.15, 0.2) is 5.82 Å². The summed E-state index contributed by atoms with van der Waals surface area (Å²) < 4.78 is 1.47. The van der Waals surface area contributed by atoms with E-state index in [0.29, 0.717) is 33.8 Å². The number of halogens is 1. The fourth-order valence-corrected chi connectivity index (χ4v) is 5.48. The monoisotopic (exact) mass is 503 g/mol. The highest BCUT2D eigenvalue weighted by molar-refractivity contribution is 6.34. The van der Waals surface area contributed by atoms with E-state index in [2.05, 4.69) is 41.5 Å². The first-order valence-electron chi connectivity index (χ1n) is 12.4. The highest BCUT2D eigenvalue weighted by atomic mass is 35.5. The standard InChI is InChI=1S/C25H26ClN9O/c1-28-21-13-29-24-23(30-16-2-3-16)32-25(33-35(21)24)31-18-11-14(12-27)10-17(22(18)26)15-6-8-34(9-7-15)19-4-5-20(19)36/h10-11,13,15-16,19-20,36H,2-9H2,(H2,30,31,32,33). The van der Waals surface area contributed by atoms with Crippen molar-refractivity contribution in [1.82, 2.24) is 24.5 Å². The van der Waals surface area contributed by atoms with Gasteiger partial charge in [-0.2, -0.15) is 10.2 Å². The van der Waals surface area contributed by atoms with Gasteiger partial charge >= 0.3 is 0 Å². The molecule has 3 fully saturated rings. The maximum Gasteiger partial charge on any atom is 0.275 e. The largest absolute Gasteiger partial charge is 0.391 e. The molecule has 0 spiro atoms. The predicted molar refractivity (Wildman–Crippen MR) is 136 cm³/mol. The summed E-state index contributed by atoms with van der Waals surface area (Å²) in [6, 6.07) is 6.45. The lowest BCUT2D eigenvalue weighted by Crippen LogP contribution is -2.52. The van der Waals surface area contributed by atoms with Gasteiger partial charge in [0.2, 0.25) is 0 Å². The number of fused-ring (bicyclic) bond motifs is 1. The minimum absolute atomic E-state index is 0.210. The minimum atomic E-state index is -0.210. The molecule has 0 bridgehead atoms. The van der Waals surface area contributed by atoms with E-state index in [1.54, 1.807) is 6.07 Å². The number of nitrogens with zero attached hydrogens (tertiary/aromatic N) is 7. The zero-order chi connectivity index (χ0) is 24.8. The quantitative estimate of drug-likeness (QED) is 0.428. The Bertz CT molecular complexity index is 1400. The number of piperidine rings is 1. The van der Waals surface area contributed by atoms with Crippen molar-refractivity contribution in [3.63, 3.8) is 0 Å². The smallest absolute Gasteiger partial charge is 0.275 e. The third-order valence-corrected chi connectivity index (χ3v) is 7.92. The van der Waals surface area contributed by atoms with Crippen LogP contribution < -0.4 is 10.6 Å². The number of nitrogens with one attached hydrogen (secondary N) is 2. The number of aliphatic hydroxyl groups is 1. The van der Waals surface area contributed by atoms with Crippen LogP contribution in [0.15, 0.2) is 18.3 Å². The van der Waals surface area contributed by atoms with Crippen LogP contribution in [0, 0.1) is 17.9 Å². The Hall–Kier alpha value is -3.44. The maximum absolute atomic E-state index is 10.0. The molecule has 2 atom stereocenters. The van der Waals surface area contributed by atoms with Crippen molar-refractivity contribution >= 4 is 40.5 Å². The molecule has 10 nitrogen and oxygen atoms in total. The van der Waals surface area contributed by atoms with Crippen LogP contribution in [0.2, 0.25) is 5.02 Å². The Balaban J connectivity index is 1.29. The van der Waals surface area contributed by atoms with Gasteiger partial charge in [0.1, 0.15) is 0 Å². The molecule has 0 amide bonds. The number of aliphatic hydroxyl groups excluding tert-OH is 1. The van der Waals surface area contributed by atoms with E-state index in [1.807, 2.05) is 6.07 Å². The average Bonchev–Trinajstić information content (AvgIpc) is 3.60. The molecule has 0 radical (unpaired) electrons. The normalized spacial score (nSPS) is 22.6. The van der Waals surface area contributed by atoms with Crippen molar-refractivity contribution in [2.75, 3.05) is 23.7 Å². The number of imidazole rings is 1. The molecule has 3 N–H and O–H groups in total. The van der Waals surface area contributed by atoms with Crippen molar-refractivity contribution in [3.8, 4) is 6.07 Å². The molecule has 1 aliphatic heterocycles. The molecular formula is C25H26ClN9O. The zero-order valence-electron chi connectivity index (χ0n) is 19.7. The number of benzene rings is 1. The van der Waals surface area contributed by atoms with Gasteiger partial charge < -0.3 is 20.6 Å². The average molecular weight is 504 g/mol. The van der Waals surface area contributed by atoms with E-state index in [0.717, 1.165) is 57.2 Å². The summed E-state index contributed by atoms with van der Waals surface area (Å²) in [4.78, 5) is 14.8. The van der Waals surface area contributed by atoms with Crippen LogP contribution in [-0.2, 0) is 0 Å². The number of aromatic nitrogens is 4. The van der Waals surface area contributed by atoms with Crippen LogP contribution >= 0.6 is 11.6 Å². The molecule has 2 saturated carbocycles. The molecule has 36 heavy (non-hydrogen) atoms. The molecule has 1 saturated heterocycles. The maximum atomic E-state index is 10.0. The number of hydrogen-bond acceptors (Lipinski definition) is 8. The third-order valence-electron chi connectivity index (χ3n) is 7.49. The van der Waals surface area contributed by atoms with Gasteiger partial charge in [-0.1, -0.05) is 23.3 Å². The number of rotatable bonds is 6. The second kappa shape index (κ2) is 9.21. The van der Waals surface area contributed by atoms with Crippen LogP contribution in [0.4, 0.5) is 23.3 Å². The van der Waals surface area contributed by atoms with Crippen molar-refractivity contribution in [1.29, 1.82) is 5.26 Å². The number of likely N-dealkylation sites (tertiary alicyclic amines) is 1. The van der Waals surface area contributed by atoms with E-state index < -0.39 is 0 Å². The first-order chi connectivity index (χ1) is 17.5. The molecule has 2 aliphatic carbocycles. The van der Waals surface area contributed by atoms with E-state index in [-0.39, 0.29) is 29.8 Å². The highest BCUT2D eigenvalue weighted by Crippen LogP contribution is 2.40. The van der Waals surface area contributed by atoms with Gasteiger partial charge in [0, 0.05) is 12.1 Å². The summed E-state index contributed by atoms with van der Waals surface area (Å²) in [5, 5.41) is 31.4. The third kappa shape index (κ3) is 4.22. The molecule has 3 heterocycles. The molecule has 3 aliphatic rings. The molecule has 2 unspecified atom stereocenters. The Kier molecular flexibility index (Phi) is 5.88. The summed E-state index contributed by atoms with van der Waals surface area (Å²) >= 11 is 6.91. The lowest BCUT2D eigenvalue weighted by atomic mass is 9.83. The first kappa shape index (κ1) is 23.0. The van der Waals surface area contributed by atoms with Crippen LogP contribution in [0.5, 0.6) is 0 Å². The zero-order valence-corrected chi connectivity index (χ0v) is 20.4. The molecular weight excluding hydrogens is 478 g/mol. The molecule has 184 valence electrons. The van der Waals surface area contributed by atoms with E-state index in [9.17, 15) is 10.4 Å². The Morgan fingerprint density at radius 3 is 2.61 bits per heavy atom. The van der Waals surface area contributed by atoms with E-state index >= 15 is 0 Å². The van der Waals surface area contributed by atoms with Crippen molar-refractivity contribution < 1.29 is 5.11 Å². The summed E-state index contributed by atoms with van der Waals surface area (Å²) in [5.41, 5.74) is 2.51. The fraction of sp³-hybridized carbons (Fsp3) is 0.480. The first-order valence-corrected chi connectivity index (χ1v) is 12.7. The van der Waals surface area contributed by atoms with E-state index in [1.165, 1.54) is 10.7 Å². The number of anilines is 3. The Labute approximate surface area is 213 Å². The van der Waals surface area contributed by atoms with Gasteiger partial charge in [-0.15, -0.1) is 4.52 Å². The summed E-state index contributed by atoms with van der Waals surface area (Å²) in [6.45, 7) is 9.25. The van der Waals surface area contributed by atoms with Gasteiger partial charge in [0.25, 0.3) is 17.4 Å². The molecule has 6 rings (SSSR count). The van der Waals surface area contributed by atoms with Crippen LogP contribution in [-0.4, -0.2) is 60.9 Å². The van der Waals surface area contributed by atoms with Crippen LogP contribution in [0.25, 0.3) is 10.5 Å². The van der Waals surface area contributed by atoms with Gasteiger partial charge in [-0.3, -0.25) is 4.90 Å². The summed E-state index contributed by atoms with van der Waals surface area (Å²) in [5.74, 6) is 1.33. The summed E-state index contributed by atoms with van der Waals surface area (Å²) in [6.07, 6.45) is 7.17. The van der Waals surface area contributed by atoms with Crippen molar-refractivity contribution in [3.05, 3.63) is 45.9 Å².